The predicted octanol–water partition coefficient (Wildman–Crippen LogP) is 2.80. The average molecular weight is 442 g/mol. The molecule has 1 aromatic carbocycles. The predicted molar refractivity (Wildman–Crippen MR) is 117 cm³/mol. The molecule has 2 heterocycles. The van der Waals surface area contributed by atoms with E-state index in [0.29, 0.717) is 22.1 Å². The molecule has 0 saturated carbocycles. The Balaban J connectivity index is 1.89. The number of esters is 1. The molecule has 2 aromatic heterocycles. The molecule has 162 valence electrons. The van der Waals surface area contributed by atoms with Crippen molar-refractivity contribution in [1.29, 1.82) is 0 Å². The lowest BCUT2D eigenvalue weighted by Crippen LogP contribution is -2.21. The monoisotopic (exact) mass is 441 g/mol. The summed E-state index contributed by atoms with van der Waals surface area (Å²) in [5.74, 6) is -0.243. The van der Waals surface area contributed by atoms with Gasteiger partial charge in [0, 0.05) is 12.6 Å². The maximum absolute atomic E-state index is 12.8. The first kappa shape index (κ1) is 22.2. The van der Waals surface area contributed by atoms with Gasteiger partial charge < -0.3 is 15.4 Å². The quantitative estimate of drug-likeness (QED) is 0.545. The number of thiophene rings is 1. The van der Waals surface area contributed by atoms with Gasteiger partial charge in [-0.25, -0.2) is 14.5 Å². The van der Waals surface area contributed by atoms with Gasteiger partial charge in [-0.1, -0.05) is 30.3 Å². The van der Waals surface area contributed by atoms with Crippen LogP contribution in [0.1, 0.15) is 38.3 Å². The molecule has 3 aromatic rings. The SMILES string of the molecule is CCOC(=O)c1c(NC(=O)Cn2nc(C)nc2-c2ccccc2)sc(C(=O)NC)c1C. The summed E-state index contributed by atoms with van der Waals surface area (Å²) in [7, 11) is 1.50. The highest BCUT2D eigenvalue weighted by Crippen LogP contribution is 2.34. The summed E-state index contributed by atoms with van der Waals surface area (Å²) in [6.07, 6.45) is 0. The number of amides is 2. The van der Waals surface area contributed by atoms with E-state index < -0.39 is 11.9 Å². The number of ether oxygens (including phenoxy) is 1. The van der Waals surface area contributed by atoms with Gasteiger partial charge in [0.25, 0.3) is 5.91 Å². The van der Waals surface area contributed by atoms with Gasteiger partial charge in [-0.2, -0.15) is 5.10 Å². The second-order valence-corrected chi connectivity index (χ2v) is 7.64. The molecular weight excluding hydrogens is 418 g/mol. The minimum absolute atomic E-state index is 0.112. The second kappa shape index (κ2) is 9.52. The van der Waals surface area contributed by atoms with Gasteiger partial charge in [-0.05, 0) is 26.3 Å². The Morgan fingerprint density at radius 2 is 1.87 bits per heavy atom. The zero-order chi connectivity index (χ0) is 22.5. The van der Waals surface area contributed by atoms with Crippen LogP contribution in [0, 0.1) is 13.8 Å². The fraction of sp³-hybridized carbons (Fsp3) is 0.286. The van der Waals surface area contributed by atoms with Crippen LogP contribution >= 0.6 is 11.3 Å². The first-order valence-electron chi connectivity index (χ1n) is 9.65. The Hall–Kier alpha value is -3.53. The summed E-state index contributed by atoms with van der Waals surface area (Å²) in [5, 5.41) is 9.85. The fourth-order valence-corrected chi connectivity index (χ4v) is 4.21. The van der Waals surface area contributed by atoms with E-state index in [1.165, 1.54) is 11.7 Å². The number of rotatable bonds is 7. The molecule has 0 aliphatic carbocycles. The normalized spacial score (nSPS) is 10.6. The summed E-state index contributed by atoms with van der Waals surface area (Å²) in [6.45, 7) is 5.15. The highest BCUT2D eigenvalue weighted by molar-refractivity contribution is 7.18. The number of aryl methyl sites for hydroxylation is 1. The highest BCUT2D eigenvalue weighted by Gasteiger charge is 2.26. The van der Waals surface area contributed by atoms with Gasteiger partial charge in [-0.15, -0.1) is 11.3 Å². The minimum atomic E-state index is -0.594. The zero-order valence-corrected chi connectivity index (χ0v) is 18.5. The van der Waals surface area contributed by atoms with Crippen molar-refractivity contribution < 1.29 is 19.1 Å². The van der Waals surface area contributed by atoms with E-state index in [9.17, 15) is 14.4 Å². The van der Waals surface area contributed by atoms with E-state index in [0.717, 1.165) is 16.9 Å². The fourth-order valence-electron chi connectivity index (χ4n) is 3.05. The summed E-state index contributed by atoms with van der Waals surface area (Å²) >= 11 is 1.03. The van der Waals surface area contributed by atoms with Crippen LogP contribution in [0.2, 0.25) is 0 Å². The van der Waals surface area contributed by atoms with Crippen LogP contribution in [0.4, 0.5) is 5.00 Å². The molecule has 0 spiro atoms. The van der Waals surface area contributed by atoms with Crippen LogP contribution in [0.5, 0.6) is 0 Å². The topological polar surface area (TPSA) is 115 Å². The van der Waals surface area contributed by atoms with Crippen LogP contribution in [-0.2, 0) is 16.1 Å². The van der Waals surface area contributed by atoms with Crippen molar-refractivity contribution >= 4 is 34.1 Å². The molecule has 0 bridgehead atoms. The summed E-state index contributed by atoms with van der Waals surface area (Å²) < 4.78 is 6.62. The Morgan fingerprint density at radius 1 is 1.16 bits per heavy atom. The maximum atomic E-state index is 12.8. The number of hydrogen-bond donors (Lipinski definition) is 2. The standard InChI is InChI=1S/C21H23N5O4S/c1-5-30-21(29)16-12(2)17(19(28)22-4)31-20(16)24-15(27)11-26-18(23-13(3)25-26)14-9-7-6-8-10-14/h6-10H,5,11H2,1-4H3,(H,22,28)(H,24,27). The lowest BCUT2D eigenvalue weighted by molar-refractivity contribution is -0.116. The Kier molecular flexibility index (Phi) is 6.81. The van der Waals surface area contributed by atoms with Crippen molar-refractivity contribution in [2.24, 2.45) is 0 Å². The van der Waals surface area contributed by atoms with E-state index >= 15 is 0 Å². The van der Waals surface area contributed by atoms with Crippen LogP contribution in [0.25, 0.3) is 11.4 Å². The van der Waals surface area contributed by atoms with Crippen LogP contribution in [0.15, 0.2) is 30.3 Å². The van der Waals surface area contributed by atoms with E-state index in [-0.39, 0.29) is 29.6 Å². The van der Waals surface area contributed by atoms with E-state index in [2.05, 4.69) is 20.7 Å². The van der Waals surface area contributed by atoms with E-state index in [1.807, 2.05) is 30.3 Å². The molecule has 0 unspecified atom stereocenters. The first-order chi connectivity index (χ1) is 14.8. The van der Waals surface area contributed by atoms with E-state index in [4.69, 9.17) is 4.74 Å². The van der Waals surface area contributed by atoms with Crippen molar-refractivity contribution in [2.45, 2.75) is 27.3 Å². The smallest absolute Gasteiger partial charge is 0.341 e. The average Bonchev–Trinajstić information content (AvgIpc) is 3.27. The van der Waals surface area contributed by atoms with Gasteiger partial charge in [0.2, 0.25) is 5.91 Å². The number of carbonyl (C=O) groups excluding carboxylic acids is 3. The molecule has 31 heavy (non-hydrogen) atoms. The molecule has 0 saturated heterocycles. The van der Waals surface area contributed by atoms with E-state index in [1.54, 1.807) is 20.8 Å². The molecule has 0 fully saturated rings. The Morgan fingerprint density at radius 3 is 2.52 bits per heavy atom. The third-order valence-electron chi connectivity index (χ3n) is 4.42. The number of anilines is 1. The third-order valence-corrected chi connectivity index (χ3v) is 5.62. The van der Waals surface area contributed by atoms with Gasteiger partial charge in [0.05, 0.1) is 17.0 Å². The zero-order valence-electron chi connectivity index (χ0n) is 17.7. The summed E-state index contributed by atoms with van der Waals surface area (Å²) in [5.41, 5.74) is 1.47. The number of aromatic nitrogens is 3. The molecule has 9 nitrogen and oxygen atoms in total. The van der Waals surface area contributed by atoms with Crippen molar-refractivity contribution in [3.63, 3.8) is 0 Å². The first-order valence-corrected chi connectivity index (χ1v) is 10.5. The molecule has 10 heteroatoms. The minimum Gasteiger partial charge on any atom is -0.462 e. The summed E-state index contributed by atoms with van der Waals surface area (Å²) in [6, 6.07) is 9.42. The number of nitrogens with one attached hydrogen (secondary N) is 2. The molecule has 0 aliphatic rings. The maximum Gasteiger partial charge on any atom is 0.341 e. The molecule has 2 N–H and O–H groups in total. The number of nitrogens with zero attached hydrogens (tertiary/aromatic N) is 3. The van der Waals surface area contributed by atoms with Gasteiger partial charge in [-0.3, -0.25) is 9.59 Å². The number of hydrogen-bond acceptors (Lipinski definition) is 7. The molecule has 2 amide bonds. The van der Waals surface area contributed by atoms with Gasteiger partial charge in [0.1, 0.15) is 17.4 Å². The largest absolute Gasteiger partial charge is 0.462 e. The molecule has 3 rings (SSSR count). The van der Waals surface area contributed by atoms with Gasteiger partial charge >= 0.3 is 5.97 Å². The van der Waals surface area contributed by atoms with Crippen molar-refractivity contribution in [3.05, 3.63) is 52.2 Å². The molecule has 0 atom stereocenters. The third kappa shape index (κ3) is 4.80. The van der Waals surface area contributed by atoms with Crippen molar-refractivity contribution in [2.75, 3.05) is 19.0 Å². The van der Waals surface area contributed by atoms with Crippen LogP contribution in [-0.4, -0.2) is 46.2 Å². The van der Waals surface area contributed by atoms with Crippen LogP contribution in [0.3, 0.4) is 0 Å². The van der Waals surface area contributed by atoms with Crippen molar-refractivity contribution in [1.82, 2.24) is 20.1 Å². The van der Waals surface area contributed by atoms with Crippen LogP contribution < -0.4 is 10.6 Å². The lowest BCUT2D eigenvalue weighted by atomic mass is 10.1. The summed E-state index contributed by atoms with van der Waals surface area (Å²) in [4.78, 5) is 42.2. The lowest BCUT2D eigenvalue weighted by Gasteiger charge is -2.08. The van der Waals surface area contributed by atoms with Crippen molar-refractivity contribution in [3.8, 4) is 11.4 Å². The molecule has 0 radical (unpaired) electrons. The van der Waals surface area contributed by atoms with Gasteiger partial charge in [0.15, 0.2) is 5.82 Å². The Bertz CT molecular complexity index is 1120. The highest BCUT2D eigenvalue weighted by atomic mass is 32.1. The molecule has 0 aliphatic heterocycles. The Labute approximate surface area is 183 Å². The second-order valence-electron chi connectivity index (χ2n) is 6.61. The number of benzene rings is 1. The number of carbonyl (C=O) groups is 3. The molecular formula is C21H23N5O4S.